The zero-order chi connectivity index (χ0) is 12.7. The second kappa shape index (κ2) is 4.02. The van der Waals surface area contributed by atoms with Crippen LogP contribution < -0.4 is 5.73 Å². The number of nitrogens with two attached hydrogens (primary N) is 1. The maximum Gasteiger partial charge on any atom is 0.184 e. The van der Waals surface area contributed by atoms with Gasteiger partial charge in [0.05, 0.1) is 0 Å². The first-order chi connectivity index (χ1) is 8.69. The maximum absolute atomic E-state index is 10.8. The number of carbonyl (C=O) groups excluding carboxylic acids is 1. The van der Waals surface area contributed by atoms with Gasteiger partial charge in [-0.25, -0.2) is 4.98 Å². The molecule has 2 N–H and O–H groups in total. The number of aldehydes is 1. The second-order valence-electron chi connectivity index (χ2n) is 4.01. The highest BCUT2D eigenvalue weighted by molar-refractivity contribution is 8.02. The zero-order valence-electron chi connectivity index (χ0n) is 9.65. The summed E-state index contributed by atoms with van der Waals surface area (Å²) >= 11 is 1.63. The van der Waals surface area contributed by atoms with Crippen molar-refractivity contribution in [1.82, 2.24) is 19.5 Å². The first-order valence-corrected chi connectivity index (χ1v) is 6.29. The topological polar surface area (TPSA) is 76.5 Å². The van der Waals surface area contributed by atoms with Crippen molar-refractivity contribution in [2.45, 2.75) is 5.37 Å². The van der Waals surface area contributed by atoms with Gasteiger partial charge in [0.1, 0.15) is 17.5 Å². The van der Waals surface area contributed by atoms with Gasteiger partial charge in [0.25, 0.3) is 0 Å². The molecule has 1 unspecified atom stereocenters. The van der Waals surface area contributed by atoms with Gasteiger partial charge in [-0.1, -0.05) is 11.8 Å². The molecular formula is C11H11N5OS. The molecule has 1 aliphatic rings. The Labute approximate surface area is 107 Å². The Morgan fingerprint density at radius 1 is 1.50 bits per heavy atom. The molecule has 0 amide bonds. The van der Waals surface area contributed by atoms with Gasteiger partial charge < -0.3 is 10.6 Å². The fourth-order valence-corrected chi connectivity index (χ4v) is 2.74. The number of hydrogen-bond acceptors (Lipinski definition) is 6. The van der Waals surface area contributed by atoms with E-state index >= 15 is 0 Å². The van der Waals surface area contributed by atoms with E-state index in [0.29, 0.717) is 22.9 Å². The SMILES string of the molecule is CN1C=CSC1c1nc2cc(C=O)cc(N)n2n1. The molecule has 0 bridgehead atoms. The summed E-state index contributed by atoms with van der Waals surface area (Å²) in [5.74, 6) is 1.09. The van der Waals surface area contributed by atoms with Gasteiger partial charge in [-0.05, 0) is 17.5 Å². The van der Waals surface area contributed by atoms with E-state index in [2.05, 4.69) is 10.1 Å². The number of carbonyl (C=O) groups is 1. The molecule has 3 rings (SSSR count). The summed E-state index contributed by atoms with van der Waals surface area (Å²) in [5, 5.41) is 6.44. The predicted octanol–water partition coefficient (Wildman–Crippen LogP) is 1.27. The molecule has 0 saturated carbocycles. The van der Waals surface area contributed by atoms with Crippen LogP contribution in [0.4, 0.5) is 5.82 Å². The quantitative estimate of drug-likeness (QED) is 0.820. The molecule has 0 saturated heterocycles. The normalized spacial score (nSPS) is 18.7. The van der Waals surface area contributed by atoms with E-state index in [4.69, 9.17) is 5.73 Å². The summed E-state index contributed by atoms with van der Waals surface area (Å²) in [6.45, 7) is 0. The number of fused-ring (bicyclic) bond motifs is 1. The van der Waals surface area contributed by atoms with E-state index in [1.165, 1.54) is 0 Å². The molecule has 1 aliphatic heterocycles. The lowest BCUT2D eigenvalue weighted by molar-refractivity contribution is 0.112. The Morgan fingerprint density at radius 2 is 2.33 bits per heavy atom. The van der Waals surface area contributed by atoms with Crippen LogP contribution in [0.5, 0.6) is 0 Å². The van der Waals surface area contributed by atoms with Crippen LogP contribution in [0, 0.1) is 0 Å². The third-order valence-electron chi connectivity index (χ3n) is 2.73. The van der Waals surface area contributed by atoms with Crippen LogP contribution in [0.25, 0.3) is 5.65 Å². The van der Waals surface area contributed by atoms with Crippen molar-refractivity contribution in [1.29, 1.82) is 0 Å². The molecule has 6 nitrogen and oxygen atoms in total. The van der Waals surface area contributed by atoms with Gasteiger partial charge in [0.15, 0.2) is 11.5 Å². The molecule has 18 heavy (non-hydrogen) atoms. The van der Waals surface area contributed by atoms with Gasteiger partial charge in [-0.15, -0.1) is 5.10 Å². The summed E-state index contributed by atoms with van der Waals surface area (Å²) in [5.41, 5.74) is 6.94. The molecule has 3 heterocycles. The van der Waals surface area contributed by atoms with E-state index in [9.17, 15) is 4.79 Å². The van der Waals surface area contributed by atoms with Crippen LogP contribution in [0.15, 0.2) is 23.7 Å². The number of nitrogen functional groups attached to an aromatic ring is 1. The lowest BCUT2D eigenvalue weighted by atomic mass is 10.3. The molecule has 0 radical (unpaired) electrons. The van der Waals surface area contributed by atoms with Crippen LogP contribution in [0.3, 0.4) is 0 Å². The molecule has 0 spiro atoms. The molecular weight excluding hydrogens is 250 g/mol. The highest BCUT2D eigenvalue weighted by Crippen LogP contribution is 2.35. The van der Waals surface area contributed by atoms with Crippen molar-refractivity contribution in [3.8, 4) is 0 Å². The van der Waals surface area contributed by atoms with Gasteiger partial charge >= 0.3 is 0 Å². The molecule has 0 aliphatic carbocycles. The number of hydrogen-bond donors (Lipinski definition) is 1. The van der Waals surface area contributed by atoms with Crippen LogP contribution in [-0.4, -0.2) is 32.8 Å². The van der Waals surface area contributed by atoms with E-state index in [0.717, 1.165) is 6.29 Å². The molecule has 0 fully saturated rings. The smallest absolute Gasteiger partial charge is 0.184 e. The van der Waals surface area contributed by atoms with Crippen LogP contribution in [-0.2, 0) is 0 Å². The third-order valence-corrected chi connectivity index (χ3v) is 3.81. The standard InChI is InChI=1S/C11H11N5OS/c1-15-2-3-18-11(15)10-13-9-5-7(6-17)4-8(12)16(9)14-10/h2-6,11H,12H2,1H3. The summed E-state index contributed by atoms with van der Waals surface area (Å²) in [6.07, 6.45) is 2.73. The maximum atomic E-state index is 10.8. The van der Waals surface area contributed by atoms with Crippen molar-refractivity contribution in [3.05, 3.63) is 35.1 Å². The van der Waals surface area contributed by atoms with Crippen molar-refractivity contribution in [3.63, 3.8) is 0 Å². The predicted molar refractivity (Wildman–Crippen MR) is 70.0 cm³/mol. The molecule has 92 valence electrons. The minimum atomic E-state index is 0.0592. The highest BCUT2D eigenvalue weighted by atomic mass is 32.2. The Bertz CT molecular complexity index is 650. The van der Waals surface area contributed by atoms with Crippen molar-refractivity contribution in [2.75, 3.05) is 12.8 Å². The highest BCUT2D eigenvalue weighted by Gasteiger charge is 2.23. The lowest BCUT2D eigenvalue weighted by Gasteiger charge is -2.15. The van der Waals surface area contributed by atoms with Gasteiger partial charge in [0.2, 0.25) is 0 Å². The third kappa shape index (κ3) is 1.63. The first kappa shape index (κ1) is 11.1. The minimum Gasteiger partial charge on any atom is -0.384 e. The molecule has 7 heteroatoms. The van der Waals surface area contributed by atoms with E-state index in [1.54, 1.807) is 28.4 Å². The molecule has 1 atom stereocenters. The largest absolute Gasteiger partial charge is 0.384 e. The number of anilines is 1. The fourth-order valence-electron chi connectivity index (χ4n) is 1.84. The van der Waals surface area contributed by atoms with Gasteiger partial charge in [0, 0.05) is 18.8 Å². The van der Waals surface area contributed by atoms with E-state index in [-0.39, 0.29) is 5.37 Å². The van der Waals surface area contributed by atoms with Crippen LogP contribution >= 0.6 is 11.8 Å². The molecule has 2 aromatic heterocycles. The van der Waals surface area contributed by atoms with Crippen LogP contribution in [0.2, 0.25) is 0 Å². The average Bonchev–Trinajstić information content (AvgIpc) is 2.94. The Morgan fingerprint density at radius 3 is 3.00 bits per heavy atom. The number of aromatic nitrogens is 3. The Kier molecular flexibility index (Phi) is 2.48. The minimum absolute atomic E-state index is 0.0592. The summed E-state index contributed by atoms with van der Waals surface area (Å²) < 4.78 is 1.55. The zero-order valence-corrected chi connectivity index (χ0v) is 10.5. The monoisotopic (exact) mass is 261 g/mol. The number of nitrogens with zero attached hydrogens (tertiary/aromatic N) is 4. The van der Waals surface area contributed by atoms with Gasteiger partial charge in [-0.2, -0.15) is 4.52 Å². The summed E-state index contributed by atoms with van der Waals surface area (Å²) in [4.78, 5) is 17.2. The van der Waals surface area contributed by atoms with Crippen molar-refractivity contribution in [2.24, 2.45) is 0 Å². The summed E-state index contributed by atoms with van der Waals surface area (Å²) in [7, 11) is 1.97. The van der Waals surface area contributed by atoms with Gasteiger partial charge in [-0.3, -0.25) is 4.79 Å². The number of rotatable bonds is 2. The molecule has 0 aromatic carbocycles. The molecule has 2 aromatic rings. The Hall–Kier alpha value is -2.02. The lowest BCUT2D eigenvalue weighted by Crippen LogP contribution is -2.13. The van der Waals surface area contributed by atoms with E-state index in [1.807, 2.05) is 23.6 Å². The van der Waals surface area contributed by atoms with Crippen LogP contribution in [0.1, 0.15) is 21.6 Å². The number of thioether (sulfide) groups is 1. The first-order valence-electron chi connectivity index (χ1n) is 5.34. The second-order valence-corrected chi connectivity index (χ2v) is 5.00. The van der Waals surface area contributed by atoms with Crippen molar-refractivity contribution < 1.29 is 4.79 Å². The average molecular weight is 261 g/mol. The van der Waals surface area contributed by atoms with Crippen molar-refractivity contribution >= 4 is 29.5 Å². The van der Waals surface area contributed by atoms with E-state index < -0.39 is 0 Å². The fraction of sp³-hybridized carbons (Fsp3) is 0.182. The summed E-state index contributed by atoms with van der Waals surface area (Å²) in [6, 6.07) is 3.26. The Balaban J connectivity index is 2.11. The number of pyridine rings is 1.